The summed E-state index contributed by atoms with van der Waals surface area (Å²) >= 11 is 0. The summed E-state index contributed by atoms with van der Waals surface area (Å²) in [5, 5.41) is 26.7. The molecule has 0 bridgehead atoms. The number of carboxylic acids is 2. The van der Waals surface area contributed by atoms with Gasteiger partial charge in [0.15, 0.2) is 0 Å². The quantitative estimate of drug-likeness (QED) is 0.122. The molecule has 1 aliphatic heterocycles. The highest BCUT2D eigenvalue weighted by Crippen LogP contribution is 2.42. The molecule has 220 valence electrons. The number of hydrogen-bond donors (Lipinski definition) is 4. The van der Waals surface area contributed by atoms with Crippen LogP contribution in [0.15, 0.2) is 59.0 Å². The Kier molecular flexibility index (Phi) is 9.27. The van der Waals surface area contributed by atoms with Gasteiger partial charge in [-0.2, -0.15) is 0 Å². The lowest BCUT2D eigenvalue weighted by Crippen LogP contribution is -2.33. The Bertz CT molecular complexity index is 1690. The Morgan fingerprint density at radius 3 is 2.33 bits per heavy atom. The van der Waals surface area contributed by atoms with Crippen molar-refractivity contribution in [1.82, 2.24) is 15.2 Å². The van der Waals surface area contributed by atoms with Crippen LogP contribution in [0.3, 0.4) is 0 Å². The van der Waals surface area contributed by atoms with E-state index >= 15 is 0 Å². The van der Waals surface area contributed by atoms with Crippen molar-refractivity contribution in [1.29, 1.82) is 0 Å². The third-order valence-corrected chi connectivity index (χ3v) is 7.35. The van der Waals surface area contributed by atoms with Crippen molar-refractivity contribution in [2.45, 2.75) is 25.3 Å². The number of carboxylic acid groups (broad SMARTS) is 2. The molecule has 1 atom stereocenters. The van der Waals surface area contributed by atoms with Gasteiger partial charge in [-0.05, 0) is 62.2 Å². The van der Waals surface area contributed by atoms with Crippen molar-refractivity contribution >= 4 is 34.5 Å². The van der Waals surface area contributed by atoms with Crippen LogP contribution < -0.4 is 25.5 Å². The van der Waals surface area contributed by atoms with E-state index in [1.165, 1.54) is 6.07 Å². The number of anilines is 1. The topological polar surface area (TPSA) is 135 Å². The molecule has 10 nitrogen and oxygen atoms in total. The van der Waals surface area contributed by atoms with Crippen LogP contribution in [0.4, 0.5) is 5.69 Å². The normalized spacial score (nSPS) is 11.8. The summed E-state index contributed by atoms with van der Waals surface area (Å²) in [4.78, 5) is 38.6. The van der Waals surface area contributed by atoms with Crippen molar-refractivity contribution in [3.05, 3.63) is 71.1 Å². The van der Waals surface area contributed by atoms with Crippen molar-refractivity contribution in [3.8, 4) is 22.5 Å². The van der Waals surface area contributed by atoms with Crippen molar-refractivity contribution in [3.63, 3.8) is 0 Å². The number of nitrogens with zero attached hydrogens (tertiary/aromatic N) is 2. The first-order chi connectivity index (χ1) is 20.0. The number of carbonyl (C=O) groups is 3. The average molecular weight is 574 g/mol. The van der Waals surface area contributed by atoms with Gasteiger partial charge < -0.3 is 30.2 Å². The number of nitrogens with one attached hydrogen (secondary N) is 2. The predicted octanol–water partition coefficient (Wildman–Crippen LogP) is 3.57. The summed E-state index contributed by atoms with van der Waals surface area (Å²) in [6, 6.07) is 15.7. The molecular formula is C32H37N4O6+. The number of aliphatic carboxylic acids is 1. The molecule has 2 aromatic rings. The van der Waals surface area contributed by atoms with Gasteiger partial charge in [0.2, 0.25) is 5.36 Å². The molecule has 0 radical (unpaired) electrons. The number of rotatable bonds is 11. The second kappa shape index (κ2) is 12.9. The minimum Gasteiger partial charge on any atom is -0.480 e. The molecule has 1 amide bonds. The SMILES string of the molecule is CN[C@@H](CCCCNC(=O)c1ccc(-c2c3ccc(=[N+](C)C)cc-3oc3cc(N(C)C)ccc23)c(C(=O)O)c1)C(=O)O. The second-order valence-electron chi connectivity index (χ2n) is 10.6. The third kappa shape index (κ3) is 6.44. The molecule has 2 aliphatic rings. The minimum absolute atomic E-state index is 0.00291. The monoisotopic (exact) mass is 573 g/mol. The Balaban J connectivity index is 1.73. The zero-order valence-corrected chi connectivity index (χ0v) is 24.5. The van der Waals surface area contributed by atoms with E-state index in [0.29, 0.717) is 48.3 Å². The van der Waals surface area contributed by atoms with Gasteiger partial charge in [0.05, 0.1) is 11.6 Å². The van der Waals surface area contributed by atoms with Crippen molar-refractivity contribution < 1.29 is 29.0 Å². The van der Waals surface area contributed by atoms with Crippen molar-refractivity contribution in [2.75, 3.05) is 46.7 Å². The molecule has 4 rings (SSSR count). The Labute approximate surface area is 244 Å². The summed E-state index contributed by atoms with van der Waals surface area (Å²) in [5.41, 5.74) is 3.73. The number of likely N-dealkylation sites (N-methyl/N-ethyl adjacent to an activating group) is 1. The zero-order chi connectivity index (χ0) is 30.6. The van der Waals surface area contributed by atoms with Gasteiger partial charge in [-0.3, -0.25) is 9.59 Å². The van der Waals surface area contributed by atoms with Gasteiger partial charge in [0, 0.05) is 60.5 Å². The largest absolute Gasteiger partial charge is 0.480 e. The molecule has 42 heavy (non-hydrogen) atoms. The van der Waals surface area contributed by atoms with Crippen LogP contribution in [-0.4, -0.2) is 75.9 Å². The van der Waals surface area contributed by atoms with E-state index in [-0.39, 0.29) is 11.1 Å². The first kappa shape index (κ1) is 30.3. The van der Waals surface area contributed by atoms with Gasteiger partial charge >= 0.3 is 11.9 Å². The van der Waals surface area contributed by atoms with Gasteiger partial charge in [-0.1, -0.05) is 6.07 Å². The van der Waals surface area contributed by atoms with Crippen LogP contribution in [-0.2, 0) is 4.79 Å². The molecule has 0 saturated carbocycles. The molecule has 0 saturated heterocycles. The van der Waals surface area contributed by atoms with Gasteiger partial charge in [-0.25, -0.2) is 9.37 Å². The molecule has 0 unspecified atom stereocenters. The molecule has 0 fully saturated rings. The molecule has 1 heterocycles. The summed E-state index contributed by atoms with van der Waals surface area (Å²) in [5.74, 6) is -1.84. The maximum atomic E-state index is 12.9. The minimum atomic E-state index is -1.15. The third-order valence-electron chi connectivity index (χ3n) is 7.35. The van der Waals surface area contributed by atoms with Crippen LogP contribution >= 0.6 is 0 Å². The Morgan fingerprint density at radius 2 is 1.69 bits per heavy atom. The van der Waals surface area contributed by atoms with Crippen LogP contribution in [0.1, 0.15) is 40.0 Å². The number of unbranched alkanes of at least 4 members (excludes halogenated alkanes) is 1. The number of carbonyl (C=O) groups excluding carboxylic acids is 1. The van der Waals surface area contributed by atoms with E-state index in [0.717, 1.165) is 22.0 Å². The predicted molar refractivity (Wildman–Crippen MR) is 163 cm³/mol. The van der Waals surface area contributed by atoms with Crippen LogP contribution in [0.2, 0.25) is 0 Å². The lowest BCUT2D eigenvalue weighted by atomic mass is 9.89. The van der Waals surface area contributed by atoms with Gasteiger partial charge in [-0.15, -0.1) is 0 Å². The van der Waals surface area contributed by atoms with E-state index in [9.17, 15) is 19.5 Å². The fraction of sp³-hybridized carbons (Fsp3) is 0.312. The summed E-state index contributed by atoms with van der Waals surface area (Å²) < 4.78 is 8.32. The summed E-state index contributed by atoms with van der Waals surface area (Å²) in [6.45, 7) is 0.344. The van der Waals surface area contributed by atoms with E-state index in [2.05, 4.69) is 10.6 Å². The summed E-state index contributed by atoms with van der Waals surface area (Å²) in [7, 11) is 9.36. The summed E-state index contributed by atoms with van der Waals surface area (Å²) in [6.07, 6.45) is 1.65. The Morgan fingerprint density at radius 1 is 0.952 bits per heavy atom. The number of aromatic carboxylic acids is 1. The molecule has 2 aromatic carbocycles. The highest BCUT2D eigenvalue weighted by Gasteiger charge is 2.23. The van der Waals surface area contributed by atoms with E-state index in [1.807, 2.05) is 74.1 Å². The smallest absolute Gasteiger partial charge is 0.336 e. The zero-order valence-electron chi connectivity index (χ0n) is 24.5. The molecule has 0 spiro atoms. The maximum Gasteiger partial charge on any atom is 0.336 e. The van der Waals surface area contributed by atoms with E-state index in [4.69, 9.17) is 9.52 Å². The van der Waals surface area contributed by atoms with E-state index < -0.39 is 23.9 Å². The highest BCUT2D eigenvalue weighted by molar-refractivity contribution is 6.09. The van der Waals surface area contributed by atoms with Crippen LogP contribution in [0.5, 0.6) is 0 Å². The number of fused-ring (bicyclic) bond motifs is 2. The van der Waals surface area contributed by atoms with Crippen molar-refractivity contribution in [2.24, 2.45) is 0 Å². The first-order valence-electron chi connectivity index (χ1n) is 13.8. The number of hydrogen-bond acceptors (Lipinski definition) is 6. The van der Waals surface area contributed by atoms with Crippen LogP contribution in [0.25, 0.3) is 33.4 Å². The fourth-order valence-electron chi connectivity index (χ4n) is 4.96. The first-order valence-corrected chi connectivity index (χ1v) is 13.8. The maximum absolute atomic E-state index is 12.9. The molecule has 10 heteroatoms. The van der Waals surface area contributed by atoms with Crippen LogP contribution in [0, 0.1) is 0 Å². The number of benzene rings is 3. The molecule has 4 N–H and O–H groups in total. The van der Waals surface area contributed by atoms with E-state index in [1.54, 1.807) is 19.2 Å². The standard InChI is InChI=1S/C32H36N4O6/c1-33-26(32(40)41)8-6-7-15-34-30(37)19-9-12-22(25(16-19)31(38)39)29-23-13-10-20(35(2)3)17-27(23)42-28-18-21(36(4)5)11-14-24(28)29/h9-14,16-18,26,33H,6-8,15H2,1-5H3,(H2-,34,37,38,39,40,41)/p+1/t26-/m0/s1. The van der Waals surface area contributed by atoms with Gasteiger partial charge in [0.25, 0.3) is 5.91 Å². The van der Waals surface area contributed by atoms with Gasteiger partial charge in [0.1, 0.15) is 31.5 Å². The molecular weight excluding hydrogens is 536 g/mol. The second-order valence-corrected chi connectivity index (χ2v) is 10.6. The Hall–Kier alpha value is -4.70. The average Bonchev–Trinajstić information content (AvgIpc) is 2.96. The molecule has 1 aliphatic carbocycles. The lowest BCUT2D eigenvalue weighted by Gasteiger charge is -2.19. The molecule has 0 aromatic heterocycles. The lowest BCUT2D eigenvalue weighted by molar-refractivity contribution is -0.139. The fourth-order valence-corrected chi connectivity index (χ4v) is 4.96. The highest BCUT2D eigenvalue weighted by atomic mass is 16.4. The number of amides is 1.